The van der Waals surface area contributed by atoms with Crippen LogP contribution in [-0.4, -0.2) is 64.4 Å². The second-order valence-electron chi connectivity index (χ2n) is 8.29. The number of benzene rings is 2. The van der Waals surface area contributed by atoms with Crippen LogP contribution in [0.5, 0.6) is 0 Å². The van der Waals surface area contributed by atoms with Gasteiger partial charge < -0.3 is 4.90 Å². The van der Waals surface area contributed by atoms with Crippen LogP contribution >= 0.6 is 11.8 Å². The van der Waals surface area contributed by atoms with E-state index in [1.807, 2.05) is 6.26 Å². The predicted octanol–water partition coefficient (Wildman–Crippen LogP) is 4.26. The summed E-state index contributed by atoms with van der Waals surface area (Å²) in [6, 6.07) is 10.2. The van der Waals surface area contributed by atoms with Gasteiger partial charge >= 0.3 is 0 Å². The third-order valence-corrected chi connectivity index (χ3v) is 10.3. The topological polar surface area (TPSA) is 104 Å². The highest BCUT2D eigenvalue weighted by molar-refractivity contribution is 7.98. The van der Waals surface area contributed by atoms with Crippen molar-refractivity contribution in [3.63, 3.8) is 0 Å². The average molecular weight is 540 g/mol. The highest BCUT2D eigenvalue weighted by Gasteiger charge is 2.24. The molecule has 0 spiro atoms. The first-order chi connectivity index (χ1) is 16.6. The predicted molar refractivity (Wildman–Crippen MR) is 140 cm³/mol. The molecule has 0 saturated carbocycles. The molecule has 1 saturated heterocycles. The van der Waals surface area contributed by atoms with E-state index in [4.69, 9.17) is 0 Å². The van der Waals surface area contributed by atoms with Crippen molar-refractivity contribution in [1.82, 2.24) is 9.21 Å². The molecule has 1 fully saturated rings. The molecular weight excluding hydrogens is 506 g/mol. The van der Waals surface area contributed by atoms with Gasteiger partial charge in [0.2, 0.25) is 10.0 Å². The van der Waals surface area contributed by atoms with Gasteiger partial charge in [-0.1, -0.05) is 26.7 Å². The SMILES string of the molecule is CCN(CC)S(=O)(=O)c1ccc(NS(=O)(=O)c2ccc(SC)c(C(=O)N3CCCCCC3)c2)cc1. The smallest absolute Gasteiger partial charge is 0.261 e. The first-order valence-corrected chi connectivity index (χ1v) is 15.9. The summed E-state index contributed by atoms with van der Waals surface area (Å²) in [6.45, 7) is 5.56. The van der Waals surface area contributed by atoms with Gasteiger partial charge in [0.05, 0.1) is 15.4 Å². The second-order valence-corrected chi connectivity index (χ2v) is 12.8. The number of amides is 1. The van der Waals surface area contributed by atoms with Gasteiger partial charge in [-0.3, -0.25) is 9.52 Å². The van der Waals surface area contributed by atoms with Crippen LogP contribution in [0.25, 0.3) is 0 Å². The average Bonchev–Trinajstić information content (AvgIpc) is 3.13. The van der Waals surface area contributed by atoms with Crippen LogP contribution in [0.3, 0.4) is 0 Å². The fourth-order valence-electron chi connectivity index (χ4n) is 4.09. The summed E-state index contributed by atoms with van der Waals surface area (Å²) in [7, 11) is -7.63. The molecule has 2 aromatic rings. The Morgan fingerprint density at radius 3 is 2.03 bits per heavy atom. The number of likely N-dealkylation sites (tertiary alicyclic amines) is 1. The van der Waals surface area contributed by atoms with E-state index in [0.717, 1.165) is 30.6 Å². The molecule has 8 nitrogen and oxygen atoms in total. The minimum Gasteiger partial charge on any atom is -0.339 e. The quantitative estimate of drug-likeness (QED) is 0.478. The van der Waals surface area contributed by atoms with Crippen LogP contribution in [0, 0.1) is 0 Å². The molecule has 2 aromatic carbocycles. The maximum atomic E-state index is 13.2. The molecule has 35 heavy (non-hydrogen) atoms. The molecule has 1 amide bonds. The Labute approximate surface area is 213 Å². The van der Waals surface area contributed by atoms with Crippen LogP contribution in [0.2, 0.25) is 0 Å². The van der Waals surface area contributed by atoms with Crippen molar-refractivity contribution < 1.29 is 21.6 Å². The second kappa shape index (κ2) is 11.8. The fourth-order valence-corrected chi connectivity index (χ4v) is 7.20. The number of thioether (sulfide) groups is 1. The van der Waals surface area contributed by atoms with Gasteiger partial charge in [0.1, 0.15) is 0 Å². The van der Waals surface area contributed by atoms with Gasteiger partial charge in [0.15, 0.2) is 0 Å². The third-order valence-electron chi connectivity index (χ3n) is 6.05. The number of hydrogen-bond donors (Lipinski definition) is 1. The summed E-state index contributed by atoms with van der Waals surface area (Å²) >= 11 is 1.40. The zero-order chi connectivity index (χ0) is 25.6. The fraction of sp³-hybridized carbons (Fsp3) is 0.458. The van der Waals surface area contributed by atoms with E-state index < -0.39 is 20.0 Å². The molecule has 1 N–H and O–H groups in total. The summed E-state index contributed by atoms with van der Waals surface area (Å²) in [6.07, 6.45) is 5.92. The number of hydrogen-bond acceptors (Lipinski definition) is 6. The van der Waals surface area contributed by atoms with Crippen molar-refractivity contribution in [2.24, 2.45) is 0 Å². The standard InChI is InChI=1S/C24H33N3O5S3/c1-4-27(5-2)35(31,32)20-12-10-19(11-13-20)25-34(29,30)21-14-15-23(33-3)22(18-21)24(28)26-16-8-6-7-9-17-26/h10-15,18,25H,4-9,16-17H2,1-3H3. The van der Waals surface area contributed by atoms with Crippen molar-refractivity contribution >= 4 is 43.4 Å². The van der Waals surface area contributed by atoms with E-state index in [9.17, 15) is 21.6 Å². The zero-order valence-electron chi connectivity index (χ0n) is 20.4. The number of carbonyl (C=O) groups is 1. The van der Waals surface area contributed by atoms with Gasteiger partial charge in [-0.2, -0.15) is 4.31 Å². The van der Waals surface area contributed by atoms with E-state index in [1.165, 1.54) is 52.5 Å². The Kier molecular flexibility index (Phi) is 9.25. The Balaban J connectivity index is 1.86. The molecule has 0 atom stereocenters. The van der Waals surface area contributed by atoms with E-state index >= 15 is 0 Å². The summed E-state index contributed by atoms with van der Waals surface area (Å²) in [4.78, 5) is 15.9. The Morgan fingerprint density at radius 1 is 0.914 bits per heavy atom. The lowest BCUT2D eigenvalue weighted by Crippen LogP contribution is -2.32. The Bertz CT molecular complexity index is 1230. The van der Waals surface area contributed by atoms with E-state index in [2.05, 4.69) is 4.72 Å². The number of carbonyl (C=O) groups excluding carboxylic acids is 1. The third kappa shape index (κ3) is 6.38. The highest BCUT2D eigenvalue weighted by atomic mass is 32.2. The van der Waals surface area contributed by atoms with Gasteiger partial charge in [-0.05, 0) is 61.6 Å². The molecule has 1 aliphatic heterocycles. The van der Waals surface area contributed by atoms with E-state index in [0.29, 0.717) is 31.7 Å². The molecule has 0 bridgehead atoms. The van der Waals surface area contributed by atoms with E-state index in [-0.39, 0.29) is 21.4 Å². The van der Waals surface area contributed by atoms with Crippen molar-refractivity contribution in [3.8, 4) is 0 Å². The zero-order valence-corrected chi connectivity index (χ0v) is 22.8. The molecule has 0 aliphatic carbocycles. The molecule has 0 radical (unpaired) electrons. The molecular formula is C24H33N3O5S3. The summed E-state index contributed by atoms with van der Waals surface area (Å²) in [5, 5.41) is 0. The highest BCUT2D eigenvalue weighted by Crippen LogP contribution is 2.27. The molecule has 1 heterocycles. The van der Waals surface area contributed by atoms with Crippen molar-refractivity contribution in [2.75, 3.05) is 37.2 Å². The number of nitrogens with zero attached hydrogens (tertiary/aromatic N) is 2. The first-order valence-electron chi connectivity index (χ1n) is 11.7. The summed E-state index contributed by atoms with van der Waals surface area (Å²) < 4.78 is 55.4. The van der Waals surface area contributed by atoms with Gasteiger partial charge in [-0.25, -0.2) is 16.8 Å². The molecule has 1 aliphatic rings. The number of sulfonamides is 2. The van der Waals surface area contributed by atoms with Crippen molar-refractivity contribution in [2.45, 2.75) is 54.2 Å². The Hall–Kier alpha value is -2.08. The molecule has 3 rings (SSSR count). The van der Waals surface area contributed by atoms with Crippen LogP contribution in [0.1, 0.15) is 49.9 Å². The minimum atomic E-state index is -4.00. The molecule has 0 aromatic heterocycles. The van der Waals surface area contributed by atoms with Crippen LogP contribution < -0.4 is 4.72 Å². The lowest BCUT2D eigenvalue weighted by atomic mass is 10.2. The molecule has 11 heteroatoms. The monoisotopic (exact) mass is 539 g/mol. The minimum absolute atomic E-state index is 0.0201. The van der Waals surface area contributed by atoms with Crippen LogP contribution in [0.15, 0.2) is 57.2 Å². The summed E-state index contributed by atoms with van der Waals surface area (Å²) in [5.41, 5.74) is 0.612. The Morgan fingerprint density at radius 2 is 1.49 bits per heavy atom. The van der Waals surface area contributed by atoms with Gasteiger partial charge in [0, 0.05) is 36.8 Å². The van der Waals surface area contributed by atoms with Crippen molar-refractivity contribution in [1.29, 1.82) is 0 Å². The first kappa shape index (κ1) is 27.5. The maximum absolute atomic E-state index is 13.2. The lowest BCUT2D eigenvalue weighted by Gasteiger charge is -2.22. The van der Waals surface area contributed by atoms with Crippen molar-refractivity contribution in [3.05, 3.63) is 48.0 Å². The number of anilines is 1. The molecule has 192 valence electrons. The van der Waals surface area contributed by atoms with Crippen LogP contribution in [-0.2, 0) is 20.0 Å². The largest absolute Gasteiger partial charge is 0.339 e. The molecule has 0 unspecified atom stereocenters. The number of nitrogens with one attached hydrogen (secondary N) is 1. The summed E-state index contributed by atoms with van der Waals surface area (Å²) in [5.74, 6) is -0.153. The van der Waals surface area contributed by atoms with Crippen LogP contribution in [0.4, 0.5) is 5.69 Å². The normalized spacial score (nSPS) is 15.1. The van der Waals surface area contributed by atoms with Gasteiger partial charge in [-0.15, -0.1) is 11.8 Å². The van der Waals surface area contributed by atoms with Gasteiger partial charge in [0.25, 0.3) is 15.9 Å². The maximum Gasteiger partial charge on any atom is 0.261 e. The van der Waals surface area contributed by atoms with E-state index in [1.54, 1.807) is 24.8 Å². The lowest BCUT2D eigenvalue weighted by molar-refractivity contribution is 0.0758. The number of rotatable bonds is 9.